The van der Waals surface area contributed by atoms with Crippen molar-refractivity contribution in [3.8, 4) is 11.5 Å². The second-order valence-electron chi connectivity index (χ2n) is 6.66. The number of carbonyl (C=O) groups is 1. The van der Waals surface area contributed by atoms with Gasteiger partial charge in [-0.2, -0.15) is 4.99 Å². The number of thiazole rings is 1. The van der Waals surface area contributed by atoms with Gasteiger partial charge in [0.25, 0.3) is 5.91 Å². The first-order chi connectivity index (χ1) is 13.5. The molecule has 0 aliphatic carbocycles. The molecule has 4 nitrogen and oxygen atoms in total. The van der Waals surface area contributed by atoms with E-state index in [2.05, 4.69) is 31.0 Å². The molecule has 1 aromatic heterocycles. The lowest BCUT2D eigenvalue weighted by molar-refractivity contribution is 0.0997. The van der Waals surface area contributed by atoms with Crippen LogP contribution in [-0.4, -0.2) is 10.5 Å². The molecule has 28 heavy (non-hydrogen) atoms. The van der Waals surface area contributed by atoms with Gasteiger partial charge >= 0.3 is 0 Å². The molecule has 0 atom stereocenters. The highest BCUT2D eigenvalue weighted by molar-refractivity contribution is 7.16. The number of rotatable bonds is 3. The zero-order chi connectivity index (χ0) is 19.7. The van der Waals surface area contributed by atoms with Crippen LogP contribution >= 0.6 is 11.3 Å². The number of fused-ring (bicyclic) bond motifs is 1. The van der Waals surface area contributed by atoms with Gasteiger partial charge in [0, 0.05) is 12.6 Å². The van der Waals surface area contributed by atoms with Gasteiger partial charge in [-0.1, -0.05) is 41.7 Å². The second-order valence-corrected chi connectivity index (χ2v) is 7.67. The van der Waals surface area contributed by atoms with Crippen molar-refractivity contribution in [2.45, 2.75) is 13.8 Å². The van der Waals surface area contributed by atoms with E-state index in [1.165, 1.54) is 22.5 Å². The van der Waals surface area contributed by atoms with Crippen LogP contribution < -0.4 is 9.54 Å². The fourth-order valence-electron chi connectivity index (χ4n) is 3.10. The molecule has 0 aliphatic heterocycles. The van der Waals surface area contributed by atoms with Crippen molar-refractivity contribution in [1.29, 1.82) is 0 Å². The lowest BCUT2D eigenvalue weighted by Crippen LogP contribution is -2.13. The molecule has 0 spiro atoms. The number of hydrogen-bond acceptors (Lipinski definition) is 3. The van der Waals surface area contributed by atoms with Crippen LogP contribution in [0.4, 0.5) is 0 Å². The van der Waals surface area contributed by atoms with Crippen LogP contribution in [0.5, 0.6) is 11.5 Å². The van der Waals surface area contributed by atoms with Crippen molar-refractivity contribution in [2.75, 3.05) is 0 Å². The molecular formula is C23H20N2O2S. The van der Waals surface area contributed by atoms with E-state index in [-0.39, 0.29) is 5.91 Å². The Balaban J connectivity index is 1.69. The quantitative estimate of drug-likeness (QED) is 0.472. The van der Waals surface area contributed by atoms with Gasteiger partial charge < -0.3 is 9.30 Å². The minimum absolute atomic E-state index is 0.282. The third-order valence-corrected chi connectivity index (χ3v) is 5.84. The summed E-state index contributed by atoms with van der Waals surface area (Å²) in [6, 6.07) is 20.8. The zero-order valence-corrected chi connectivity index (χ0v) is 16.8. The zero-order valence-electron chi connectivity index (χ0n) is 16.0. The molecule has 0 aliphatic rings. The molecule has 1 heterocycles. The van der Waals surface area contributed by atoms with Crippen LogP contribution in [0.2, 0.25) is 0 Å². The standard InChI is InChI=1S/C23H20N2O2S/c1-15-12-13-20-21(16(15)2)25(3)23(28-20)24-22(26)17-8-7-11-19(14-17)27-18-9-5-4-6-10-18/h4-14H,1-3H3. The van der Waals surface area contributed by atoms with Gasteiger partial charge in [0.15, 0.2) is 4.80 Å². The third kappa shape index (κ3) is 3.49. The lowest BCUT2D eigenvalue weighted by Gasteiger charge is -2.06. The Morgan fingerprint density at radius 3 is 2.50 bits per heavy atom. The van der Waals surface area contributed by atoms with Gasteiger partial charge in [-0.25, -0.2) is 0 Å². The van der Waals surface area contributed by atoms with Crippen molar-refractivity contribution in [3.05, 3.63) is 88.2 Å². The van der Waals surface area contributed by atoms with Crippen molar-refractivity contribution < 1.29 is 9.53 Å². The highest BCUT2D eigenvalue weighted by Gasteiger charge is 2.11. The highest BCUT2D eigenvalue weighted by atomic mass is 32.1. The van der Waals surface area contributed by atoms with Crippen LogP contribution in [-0.2, 0) is 7.05 Å². The molecular weight excluding hydrogens is 368 g/mol. The fraction of sp³-hybridized carbons (Fsp3) is 0.130. The average Bonchev–Trinajstić information content (AvgIpc) is 3.02. The van der Waals surface area contributed by atoms with Gasteiger partial charge in [-0.15, -0.1) is 0 Å². The van der Waals surface area contributed by atoms with Gasteiger partial charge in [0.1, 0.15) is 11.5 Å². The SMILES string of the molecule is Cc1ccc2sc(=NC(=O)c3cccc(Oc4ccccc4)c3)n(C)c2c1C. The van der Waals surface area contributed by atoms with Gasteiger partial charge in [-0.05, 0) is 61.4 Å². The number of hydrogen-bond donors (Lipinski definition) is 0. The maximum Gasteiger partial charge on any atom is 0.279 e. The number of ether oxygens (including phenoxy) is 1. The highest BCUT2D eigenvalue weighted by Crippen LogP contribution is 2.24. The number of amides is 1. The number of carbonyl (C=O) groups excluding carboxylic acids is 1. The monoisotopic (exact) mass is 388 g/mol. The Hall–Kier alpha value is -3.18. The summed E-state index contributed by atoms with van der Waals surface area (Å²) in [5.41, 5.74) is 4.06. The number of para-hydroxylation sites is 1. The molecule has 4 rings (SSSR count). The molecule has 0 saturated carbocycles. The third-order valence-electron chi connectivity index (χ3n) is 4.75. The van der Waals surface area contributed by atoms with E-state index < -0.39 is 0 Å². The summed E-state index contributed by atoms with van der Waals surface area (Å²) >= 11 is 1.52. The molecule has 1 amide bonds. The topological polar surface area (TPSA) is 43.6 Å². The first kappa shape index (κ1) is 18.2. The van der Waals surface area contributed by atoms with E-state index in [4.69, 9.17) is 4.74 Å². The largest absolute Gasteiger partial charge is 0.457 e. The van der Waals surface area contributed by atoms with Crippen molar-refractivity contribution in [3.63, 3.8) is 0 Å². The molecule has 0 bridgehead atoms. The van der Waals surface area contributed by atoms with E-state index in [1.807, 2.05) is 48.0 Å². The Morgan fingerprint density at radius 1 is 0.964 bits per heavy atom. The summed E-state index contributed by atoms with van der Waals surface area (Å²) < 4.78 is 8.94. The molecule has 4 aromatic rings. The molecule has 0 N–H and O–H groups in total. The predicted molar refractivity (Wildman–Crippen MR) is 113 cm³/mol. The molecule has 0 saturated heterocycles. The van der Waals surface area contributed by atoms with Gasteiger partial charge in [-0.3, -0.25) is 4.79 Å². The summed E-state index contributed by atoms with van der Waals surface area (Å²) in [4.78, 5) is 17.8. The Labute approximate surface area is 167 Å². The molecule has 5 heteroatoms. The predicted octanol–water partition coefficient (Wildman–Crippen LogP) is 5.39. The van der Waals surface area contributed by atoms with Crippen LogP contribution in [0.15, 0.2) is 71.7 Å². The number of benzene rings is 3. The Bertz CT molecular complexity index is 1240. The minimum atomic E-state index is -0.282. The van der Waals surface area contributed by atoms with Crippen LogP contribution in [0.25, 0.3) is 10.2 Å². The smallest absolute Gasteiger partial charge is 0.279 e. The fourth-order valence-corrected chi connectivity index (χ4v) is 4.18. The first-order valence-corrected chi connectivity index (χ1v) is 9.82. The average molecular weight is 388 g/mol. The number of nitrogens with zero attached hydrogens (tertiary/aromatic N) is 2. The van der Waals surface area contributed by atoms with Crippen LogP contribution in [0.3, 0.4) is 0 Å². The van der Waals surface area contributed by atoms with Crippen molar-refractivity contribution in [2.24, 2.45) is 12.0 Å². The summed E-state index contributed by atoms with van der Waals surface area (Å²) in [6.07, 6.45) is 0. The number of aromatic nitrogens is 1. The van der Waals surface area contributed by atoms with Crippen LogP contribution in [0, 0.1) is 13.8 Å². The lowest BCUT2D eigenvalue weighted by atomic mass is 10.1. The Kier molecular flexibility index (Phi) is 4.84. The molecule has 0 unspecified atom stereocenters. The molecule has 0 radical (unpaired) electrons. The van der Waals surface area contributed by atoms with E-state index in [0.29, 0.717) is 16.1 Å². The summed E-state index contributed by atoms with van der Waals surface area (Å²) in [5.74, 6) is 1.06. The minimum Gasteiger partial charge on any atom is -0.457 e. The number of aryl methyl sites for hydroxylation is 3. The van der Waals surface area contributed by atoms with Gasteiger partial charge in [0.2, 0.25) is 0 Å². The maximum atomic E-state index is 12.8. The van der Waals surface area contributed by atoms with Crippen molar-refractivity contribution in [1.82, 2.24) is 4.57 Å². The maximum absolute atomic E-state index is 12.8. The molecule has 3 aromatic carbocycles. The Morgan fingerprint density at radius 2 is 1.71 bits per heavy atom. The summed E-state index contributed by atoms with van der Waals surface area (Å²) in [5, 5.41) is 0. The van der Waals surface area contributed by atoms with E-state index >= 15 is 0 Å². The molecule has 140 valence electrons. The second kappa shape index (κ2) is 7.44. The molecule has 0 fully saturated rings. The van der Waals surface area contributed by atoms with Gasteiger partial charge in [0.05, 0.1) is 10.2 Å². The summed E-state index contributed by atoms with van der Waals surface area (Å²) in [7, 11) is 1.95. The van der Waals surface area contributed by atoms with E-state index in [9.17, 15) is 4.79 Å². The van der Waals surface area contributed by atoms with E-state index in [1.54, 1.807) is 18.2 Å². The first-order valence-electron chi connectivity index (χ1n) is 9.00. The summed E-state index contributed by atoms with van der Waals surface area (Å²) in [6.45, 7) is 4.19. The normalized spacial score (nSPS) is 11.8. The van der Waals surface area contributed by atoms with Crippen molar-refractivity contribution >= 4 is 27.5 Å². The van der Waals surface area contributed by atoms with Crippen LogP contribution in [0.1, 0.15) is 21.5 Å². The van der Waals surface area contributed by atoms with E-state index in [0.717, 1.165) is 16.0 Å².